The Morgan fingerprint density at radius 2 is 1.13 bits per heavy atom. The molecule has 6 rings (SSSR count). The lowest BCUT2D eigenvalue weighted by Gasteiger charge is -2.10. The van der Waals surface area contributed by atoms with Crippen LogP contribution < -0.4 is 0 Å². The van der Waals surface area contributed by atoms with Crippen molar-refractivity contribution < 1.29 is 0 Å². The number of hydrogen-bond donors (Lipinski definition) is 0. The van der Waals surface area contributed by atoms with Crippen LogP contribution in [0, 0.1) is 0 Å². The van der Waals surface area contributed by atoms with Gasteiger partial charge in [0.25, 0.3) is 0 Å². The predicted molar refractivity (Wildman–Crippen MR) is 131 cm³/mol. The van der Waals surface area contributed by atoms with Gasteiger partial charge in [-0.25, -0.2) is 0 Å². The Morgan fingerprint density at radius 3 is 1.80 bits per heavy atom. The van der Waals surface area contributed by atoms with Gasteiger partial charge in [-0.1, -0.05) is 54.6 Å². The molecule has 0 spiro atoms. The number of aromatic nitrogens is 1. The van der Waals surface area contributed by atoms with Crippen molar-refractivity contribution in [1.82, 2.24) is 4.98 Å². The summed E-state index contributed by atoms with van der Waals surface area (Å²) in [6.45, 7) is 0. The summed E-state index contributed by atoms with van der Waals surface area (Å²) in [5, 5.41) is 5.20. The number of hydrogen-bond acceptors (Lipinski definition) is 3. The van der Waals surface area contributed by atoms with Crippen molar-refractivity contribution in [2.75, 3.05) is 0 Å². The quantitative estimate of drug-likeness (QED) is 0.262. The Hall–Kier alpha value is -3.27. The van der Waals surface area contributed by atoms with Crippen LogP contribution in [0.3, 0.4) is 0 Å². The molecule has 0 radical (unpaired) electrons. The van der Waals surface area contributed by atoms with Crippen LogP contribution in [0.1, 0.15) is 0 Å². The molecule has 3 aromatic heterocycles. The maximum Gasteiger partial charge on any atom is 0.0449 e. The summed E-state index contributed by atoms with van der Waals surface area (Å²) in [4.78, 5) is 9.43. The Kier molecular flexibility index (Phi) is 4.22. The van der Waals surface area contributed by atoms with Gasteiger partial charge in [0.15, 0.2) is 0 Å². The Morgan fingerprint density at radius 1 is 0.533 bits per heavy atom. The lowest BCUT2D eigenvalue weighted by molar-refractivity contribution is 1.33. The molecular weight excluding hydrogens is 402 g/mol. The summed E-state index contributed by atoms with van der Waals surface area (Å²) in [6, 6.07) is 32.8. The average Bonchev–Trinajstić information content (AvgIpc) is 3.48. The Labute approximate surface area is 182 Å². The van der Waals surface area contributed by atoms with E-state index in [1.54, 1.807) is 0 Å². The molecule has 0 amide bonds. The van der Waals surface area contributed by atoms with Crippen molar-refractivity contribution in [1.29, 1.82) is 0 Å². The zero-order chi connectivity index (χ0) is 19.9. The van der Waals surface area contributed by atoms with Crippen LogP contribution in [0.2, 0.25) is 0 Å². The normalized spacial score (nSPS) is 11.3. The van der Waals surface area contributed by atoms with E-state index < -0.39 is 0 Å². The zero-order valence-corrected chi connectivity index (χ0v) is 17.7. The summed E-state index contributed by atoms with van der Waals surface area (Å²) in [6.07, 6.45) is 3.75. The molecular formula is C27H17NS2. The van der Waals surface area contributed by atoms with Crippen LogP contribution in [0.15, 0.2) is 103 Å². The van der Waals surface area contributed by atoms with Crippen LogP contribution in [0.5, 0.6) is 0 Å². The smallest absolute Gasteiger partial charge is 0.0449 e. The van der Waals surface area contributed by atoms with E-state index in [1.165, 1.54) is 52.2 Å². The molecule has 3 heteroatoms. The van der Waals surface area contributed by atoms with Crippen LogP contribution in [-0.2, 0) is 0 Å². The lowest BCUT2D eigenvalue weighted by Crippen LogP contribution is -1.82. The van der Waals surface area contributed by atoms with E-state index in [4.69, 9.17) is 0 Å². The maximum atomic E-state index is 4.25. The molecule has 0 saturated heterocycles. The molecule has 0 atom stereocenters. The topological polar surface area (TPSA) is 12.9 Å². The zero-order valence-electron chi connectivity index (χ0n) is 16.1. The van der Waals surface area contributed by atoms with Gasteiger partial charge in [-0.3, -0.25) is 4.98 Å². The monoisotopic (exact) mass is 419 g/mol. The standard InChI is InChI=1S/C27H17NS2/c1-3-9-21-18(6-1)16-19-7-2-4-10-22(19)27(21)26-14-13-25(30-26)24-12-11-23(29-24)20-8-5-15-28-17-20/h1-17H. The van der Waals surface area contributed by atoms with Crippen LogP contribution in [0.25, 0.3) is 52.2 Å². The second-order valence-electron chi connectivity index (χ2n) is 7.26. The fourth-order valence-electron chi connectivity index (χ4n) is 4.02. The molecule has 1 nitrogen and oxygen atoms in total. The van der Waals surface area contributed by atoms with Crippen molar-refractivity contribution >= 4 is 44.2 Å². The first kappa shape index (κ1) is 17.6. The maximum absolute atomic E-state index is 4.25. The van der Waals surface area contributed by atoms with Gasteiger partial charge in [-0.2, -0.15) is 0 Å². The molecule has 0 saturated carbocycles. The van der Waals surface area contributed by atoms with E-state index in [0.29, 0.717) is 0 Å². The van der Waals surface area contributed by atoms with Crippen molar-refractivity contribution in [2.45, 2.75) is 0 Å². The highest BCUT2D eigenvalue weighted by molar-refractivity contribution is 7.25. The van der Waals surface area contributed by atoms with E-state index in [0.717, 1.165) is 0 Å². The molecule has 6 aromatic rings. The van der Waals surface area contributed by atoms with E-state index >= 15 is 0 Å². The number of nitrogens with zero attached hydrogens (tertiary/aromatic N) is 1. The van der Waals surface area contributed by atoms with Crippen LogP contribution in [-0.4, -0.2) is 4.98 Å². The second kappa shape index (κ2) is 7.21. The second-order valence-corrected chi connectivity index (χ2v) is 9.43. The van der Waals surface area contributed by atoms with Gasteiger partial charge in [0, 0.05) is 43.0 Å². The molecule has 0 aliphatic heterocycles. The Balaban J connectivity index is 1.50. The minimum Gasteiger partial charge on any atom is -0.264 e. The first-order valence-electron chi connectivity index (χ1n) is 9.88. The number of thiophene rings is 2. The summed E-state index contributed by atoms with van der Waals surface area (Å²) >= 11 is 3.70. The molecule has 142 valence electrons. The van der Waals surface area contributed by atoms with Gasteiger partial charge in [-0.05, 0) is 57.9 Å². The summed E-state index contributed by atoms with van der Waals surface area (Å²) in [7, 11) is 0. The fraction of sp³-hybridized carbons (Fsp3) is 0. The molecule has 0 aliphatic carbocycles. The summed E-state index contributed by atoms with van der Waals surface area (Å²) in [5.74, 6) is 0. The molecule has 0 fully saturated rings. The third-order valence-corrected chi connectivity index (χ3v) is 7.85. The van der Waals surface area contributed by atoms with Crippen molar-refractivity contribution in [3.05, 3.63) is 103 Å². The summed E-state index contributed by atoms with van der Waals surface area (Å²) < 4.78 is 0. The highest BCUT2D eigenvalue weighted by atomic mass is 32.1. The van der Waals surface area contributed by atoms with Gasteiger partial charge in [0.05, 0.1) is 0 Å². The van der Waals surface area contributed by atoms with Gasteiger partial charge in [0.2, 0.25) is 0 Å². The van der Waals surface area contributed by atoms with Gasteiger partial charge in [-0.15, -0.1) is 22.7 Å². The molecule has 0 N–H and O–H groups in total. The molecule has 3 heterocycles. The van der Waals surface area contributed by atoms with E-state index in [1.807, 2.05) is 41.1 Å². The fourth-order valence-corrected chi connectivity index (χ4v) is 6.18. The van der Waals surface area contributed by atoms with Gasteiger partial charge >= 0.3 is 0 Å². The number of pyridine rings is 1. The molecule has 0 unspecified atom stereocenters. The minimum atomic E-state index is 1.17. The average molecular weight is 420 g/mol. The van der Waals surface area contributed by atoms with E-state index in [9.17, 15) is 0 Å². The van der Waals surface area contributed by atoms with E-state index in [-0.39, 0.29) is 0 Å². The van der Waals surface area contributed by atoms with Crippen LogP contribution in [0.4, 0.5) is 0 Å². The lowest BCUT2D eigenvalue weighted by atomic mass is 9.96. The minimum absolute atomic E-state index is 1.17. The first-order chi connectivity index (χ1) is 14.9. The van der Waals surface area contributed by atoms with Gasteiger partial charge < -0.3 is 0 Å². The third-order valence-electron chi connectivity index (χ3n) is 5.42. The number of fused-ring (bicyclic) bond motifs is 2. The number of benzene rings is 3. The Bertz CT molecular complexity index is 1440. The number of rotatable bonds is 3. The van der Waals surface area contributed by atoms with E-state index in [2.05, 4.69) is 89.9 Å². The first-order valence-corrected chi connectivity index (χ1v) is 11.5. The molecule has 0 aliphatic rings. The van der Waals surface area contributed by atoms with Crippen molar-refractivity contribution in [3.8, 4) is 30.6 Å². The molecule has 3 aromatic carbocycles. The van der Waals surface area contributed by atoms with Gasteiger partial charge in [0.1, 0.15) is 0 Å². The molecule has 0 bridgehead atoms. The third kappa shape index (κ3) is 2.95. The highest BCUT2D eigenvalue weighted by Crippen LogP contribution is 2.44. The van der Waals surface area contributed by atoms with Crippen molar-refractivity contribution in [3.63, 3.8) is 0 Å². The SMILES string of the molecule is c1cncc(-c2ccc(-c3ccc(-c4c5ccccc5cc5ccccc45)s3)s2)c1. The van der Waals surface area contributed by atoms with Crippen LogP contribution >= 0.6 is 22.7 Å². The largest absolute Gasteiger partial charge is 0.264 e. The highest BCUT2D eigenvalue weighted by Gasteiger charge is 2.13. The predicted octanol–water partition coefficient (Wildman–Crippen LogP) is 8.51. The molecule has 30 heavy (non-hydrogen) atoms. The van der Waals surface area contributed by atoms with Crippen molar-refractivity contribution in [2.24, 2.45) is 0 Å². The summed E-state index contributed by atoms with van der Waals surface area (Å²) in [5.41, 5.74) is 2.51.